The summed E-state index contributed by atoms with van der Waals surface area (Å²) in [5.41, 5.74) is 0.646. The van der Waals surface area contributed by atoms with Gasteiger partial charge in [0.15, 0.2) is 0 Å². The molecule has 0 unspecified atom stereocenters. The molecule has 1 fully saturated rings. The summed E-state index contributed by atoms with van der Waals surface area (Å²) in [6.45, 7) is 0.0716. The molecular weight excluding hydrogens is 250 g/mol. The smallest absolute Gasteiger partial charge is 0.339 e. The quantitative estimate of drug-likeness (QED) is 0.819. The number of nitrogens with zero attached hydrogens (tertiary/aromatic N) is 1. The second kappa shape index (κ2) is 5.09. The number of anilines is 1. The van der Waals surface area contributed by atoms with Crippen LogP contribution in [0.2, 0.25) is 0 Å². The highest BCUT2D eigenvalue weighted by molar-refractivity contribution is 6.05. The zero-order chi connectivity index (χ0) is 14.0. The first kappa shape index (κ1) is 13.1. The molecule has 1 aliphatic rings. The predicted molar refractivity (Wildman–Crippen MR) is 65.9 cm³/mol. The second-order valence-electron chi connectivity index (χ2n) is 4.25. The van der Waals surface area contributed by atoms with E-state index in [9.17, 15) is 14.4 Å². The zero-order valence-electron chi connectivity index (χ0n) is 10.3. The molecule has 0 bridgehead atoms. The minimum atomic E-state index is -1.01. The molecule has 1 atom stereocenters. The van der Waals surface area contributed by atoms with Gasteiger partial charge in [-0.25, -0.2) is 4.79 Å². The number of carbonyl (C=O) groups is 3. The number of carbonyl (C=O) groups excluding carboxylic acids is 2. The number of methoxy groups -OCH3 is 1. The summed E-state index contributed by atoms with van der Waals surface area (Å²) in [7, 11) is 1.25. The fraction of sp³-hybridized carbons (Fsp3) is 0.308. The van der Waals surface area contributed by atoms with E-state index in [0.717, 1.165) is 0 Å². The normalized spacial score (nSPS) is 18.5. The van der Waals surface area contributed by atoms with Gasteiger partial charge in [0.2, 0.25) is 5.91 Å². The number of carboxylic acids is 1. The molecule has 1 aromatic rings. The fourth-order valence-electron chi connectivity index (χ4n) is 2.10. The third-order valence-corrected chi connectivity index (χ3v) is 3.07. The monoisotopic (exact) mass is 263 g/mol. The van der Waals surface area contributed by atoms with Gasteiger partial charge in [0, 0.05) is 13.0 Å². The molecular formula is C13H13NO5. The Labute approximate surface area is 109 Å². The molecule has 1 heterocycles. The Kier molecular flexibility index (Phi) is 3.50. The number of rotatable bonds is 3. The van der Waals surface area contributed by atoms with Crippen LogP contribution in [0.15, 0.2) is 24.3 Å². The Morgan fingerprint density at radius 2 is 2.05 bits per heavy atom. The summed E-state index contributed by atoms with van der Waals surface area (Å²) in [6, 6.07) is 6.49. The molecule has 1 N–H and O–H groups in total. The highest BCUT2D eigenvalue weighted by Gasteiger charge is 2.36. The third kappa shape index (κ3) is 2.42. The maximum atomic E-state index is 11.9. The lowest BCUT2D eigenvalue weighted by Crippen LogP contribution is -2.27. The number of esters is 1. The highest BCUT2D eigenvalue weighted by atomic mass is 16.5. The lowest BCUT2D eigenvalue weighted by atomic mass is 10.1. The largest absolute Gasteiger partial charge is 0.481 e. The van der Waals surface area contributed by atoms with E-state index >= 15 is 0 Å². The van der Waals surface area contributed by atoms with Crippen LogP contribution in [0.4, 0.5) is 5.69 Å². The average Bonchev–Trinajstić information content (AvgIpc) is 2.80. The van der Waals surface area contributed by atoms with Crippen molar-refractivity contribution in [3.05, 3.63) is 29.8 Å². The van der Waals surface area contributed by atoms with Gasteiger partial charge in [0.1, 0.15) is 0 Å². The second-order valence-corrected chi connectivity index (χ2v) is 4.25. The van der Waals surface area contributed by atoms with Gasteiger partial charge in [-0.2, -0.15) is 0 Å². The molecule has 0 spiro atoms. The molecule has 0 aromatic heterocycles. The van der Waals surface area contributed by atoms with E-state index in [1.807, 2.05) is 0 Å². The van der Waals surface area contributed by atoms with E-state index in [-0.39, 0.29) is 24.4 Å². The molecule has 6 nitrogen and oxygen atoms in total. The topological polar surface area (TPSA) is 83.9 Å². The van der Waals surface area contributed by atoms with E-state index in [0.29, 0.717) is 5.69 Å². The summed E-state index contributed by atoms with van der Waals surface area (Å²) in [5, 5.41) is 8.95. The van der Waals surface area contributed by atoms with Crippen LogP contribution < -0.4 is 4.90 Å². The van der Waals surface area contributed by atoms with Crippen molar-refractivity contribution < 1.29 is 24.2 Å². The van der Waals surface area contributed by atoms with Crippen LogP contribution in [0.3, 0.4) is 0 Å². The number of hydrogen-bond donors (Lipinski definition) is 1. The Bertz CT molecular complexity index is 540. The number of hydrogen-bond acceptors (Lipinski definition) is 4. The molecule has 2 rings (SSSR count). The molecule has 0 radical (unpaired) electrons. The van der Waals surface area contributed by atoms with Crippen molar-refractivity contribution in [3.63, 3.8) is 0 Å². The van der Waals surface area contributed by atoms with Gasteiger partial charge in [-0.15, -0.1) is 0 Å². The van der Waals surface area contributed by atoms with Crippen LogP contribution >= 0.6 is 0 Å². The van der Waals surface area contributed by atoms with Gasteiger partial charge in [0.25, 0.3) is 0 Å². The fourth-order valence-corrected chi connectivity index (χ4v) is 2.10. The molecule has 1 saturated heterocycles. The number of carboxylic acid groups (broad SMARTS) is 1. The Hall–Kier alpha value is -2.37. The van der Waals surface area contributed by atoms with Crippen molar-refractivity contribution in [3.8, 4) is 0 Å². The van der Waals surface area contributed by atoms with Crippen molar-refractivity contribution in [2.45, 2.75) is 6.42 Å². The van der Waals surface area contributed by atoms with Crippen molar-refractivity contribution in [1.82, 2.24) is 0 Å². The molecule has 1 aliphatic heterocycles. The van der Waals surface area contributed by atoms with Crippen LogP contribution in [-0.4, -0.2) is 36.6 Å². The third-order valence-electron chi connectivity index (χ3n) is 3.07. The van der Waals surface area contributed by atoms with Gasteiger partial charge in [0.05, 0.1) is 24.3 Å². The van der Waals surface area contributed by atoms with Crippen molar-refractivity contribution in [1.29, 1.82) is 0 Å². The van der Waals surface area contributed by atoms with Gasteiger partial charge in [-0.1, -0.05) is 12.1 Å². The van der Waals surface area contributed by atoms with Gasteiger partial charge >= 0.3 is 11.9 Å². The van der Waals surface area contributed by atoms with Crippen LogP contribution in [0.25, 0.3) is 0 Å². The molecule has 1 aromatic carbocycles. The van der Waals surface area contributed by atoms with E-state index in [2.05, 4.69) is 4.74 Å². The SMILES string of the molecule is COC(=O)c1ccccc1N1C[C@H](C(=O)O)CC1=O. The lowest BCUT2D eigenvalue weighted by molar-refractivity contribution is -0.141. The molecule has 1 amide bonds. The van der Waals surface area contributed by atoms with E-state index < -0.39 is 17.9 Å². The Balaban J connectivity index is 2.35. The molecule has 19 heavy (non-hydrogen) atoms. The molecule has 0 aliphatic carbocycles. The minimum absolute atomic E-state index is 0.0508. The first-order valence-corrected chi connectivity index (χ1v) is 5.75. The van der Waals surface area contributed by atoms with E-state index in [1.165, 1.54) is 12.0 Å². The lowest BCUT2D eigenvalue weighted by Gasteiger charge is -2.18. The van der Waals surface area contributed by atoms with Gasteiger partial charge < -0.3 is 14.7 Å². The molecule has 6 heteroatoms. The number of ether oxygens (including phenoxy) is 1. The summed E-state index contributed by atoms with van der Waals surface area (Å²) >= 11 is 0. The number of para-hydroxylation sites is 1. The first-order valence-electron chi connectivity index (χ1n) is 5.75. The van der Waals surface area contributed by atoms with Crippen LogP contribution in [0.1, 0.15) is 16.8 Å². The Morgan fingerprint density at radius 3 is 2.63 bits per heavy atom. The average molecular weight is 263 g/mol. The maximum absolute atomic E-state index is 11.9. The zero-order valence-corrected chi connectivity index (χ0v) is 10.3. The molecule has 100 valence electrons. The standard InChI is InChI=1S/C13H13NO5/c1-19-13(18)9-4-2-3-5-10(9)14-7-8(12(16)17)6-11(14)15/h2-5,8H,6-7H2,1H3,(H,16,17)/t8-/m1/s1. The Morgan fingerprint density at radius 1 is 1.37 bits per heavy atom. The maximum Gasteiger partial charge on any atom is 0.339 e. The minimum Gasteiger partial charge on any atom is -0.481 e. The summed E-state index contributed by atoms with van der Waals surface area (Å²) in [5.74, 6) is -2.60. The van der Waals surface area contributed by atoms with Crippen LogP contribution in [0, 0.1) is 5.92 Å². The van der Waals surface area contributed by atoms with Crippen molar-refractivity contribution in [2.24, 2.45) is 5.92 Å². The highest BCUT2D eigenvalue weighted by Crippen LogP contribution is 2.28. The van der Waals surface area contributed by atoms with E-state index in [1.54, 1.807) is 24.3 Å². The van der Waals surface area contributed by atoms with E-state index in [4.69, 9.17) is 5.11 Å². The van der Waals surface area contributed by atoms with Crippen LogP contribution in [0.5, 0.6) is 0 Å². The summed E-state index contributed by atoms with van der Waals surface area (Å²) in [4.78, 5) is 35.8. The molecule has 0 saturated carbocycles. The predicted octanol–water partition coefficient (Wildman–Crippen LogP) is 0.911. The van der Waals surface area contributed by atoms with Gasteiger partial charge in [-0.05, 0) is 12.1 Å². The number of benzene rings is 1. The number of amides is 1. The first-order chi connectivity index (χ1) is 9.04. The van der Waals surface area contributed by atoms with Crippen molar-refractivity contribution in [2.75, 3.05) is 18.6 Å². The van der Waals surface area contributed by atoms with Crippen molar-refractivity contribution >= 4 is 23.5 Å². The summed E-state index contributed by atoms with van der Waals surface area (Å²) < 4.78 is 4.65. The van der Waals surface area contributed by atoms with Gasteiger partial charge in [-0.3, -0.25) is 9.59 Å². The number of aliphatic carboxylic acids is 1. The van der Waals surface area contributed by atoms with Crippen LogP contribution in [-0.2, 0) is 14.3 Å². The summed E-state index contributed by atoms with van der Waals surface area (Å²) in [6.07, 6.45) is -0.0508.